The summed E-state index contributed by atoms with van der Waals surface area (Å²) in [5.41, 5.74) is 2.48. The number of benzene rings is 1. The molecule has 0 spiro atoms. The van der Waals surface area contributed by atoms with Crippen molar-refractivity contribution >= 4 is 11.6 Å². The van der Waals surface area contributed by atoms with Gasteiger partial charge in [-0.05, 0) is 17.5 Å². The molecule has 1 aliphatic rings. The number of hydrogen-bond acceptors (Lipinski definition) is 3. The van der Waals surface area contributed by atoms with Gasteiger partial charge in [0.05, 0.1) is 6.54 Å². The van der Waals surface area contributed by atoms with Gasteiger partial charge < -0.3 is 10.6 Å². The van der Waals surface area contributed by atoms with Gasteiger partial charge >= 0.3 is 0 Å². The molecule has 3 nitrogen and oxygen atoms in total. The third-order valence-corrected chi connectivity index (χ3v) is 2.51. The largest absolute Gasteiger partial charge is 0.354 e. The van der Waals surface area contributed by atoms with Gasteiger partial charge in [-0.1, -0.05) is 32.0 Å². The molecule has 0 bridgehead atoms. The zero-order valence-corrected chi connectivity index (χ0v) is 9.25. The van der Waals surface area contributed by atoms with Crippen LogP contribution in [-0.2, 0) is 0 Å². The Morgan fingerprint density at radius 1 is 1.33 bits per heavy atom. The number of aliphatic imine (C=N–C) groups is 1. The minimum Gasteiger partial charge on any atom is -0.354 e. The molecule has 0 amide bonds. The Labute approximate surface area is 90.6 Å². The van der Waals surface area contributed by atoms with Crippen LogP contribution in [-0.4, -0.2) is 19.0 Å². The van der Waals surface area contributed by atoms with Crippen LogP contribution in [0.2, 0.25) is 0 Å². The van der Waals surface area contributed by atoms with E-state index in [0.29, 0.717) is 5.92 Å². The molecule has 0 fully saturated rings. The van der Waals surface area contributed by atoms with E-state index in [-0.39, 0.29) is 0 Å². The fourth-order valence-electron chi connectivity index (χ4n) is 1.72. The molecule has 0 radical (unpaired) electrons. The monoisotopic (exact) mass is 203 g/mol. The third kappa shape index (κ3) is 2.29. The van der Waals surface area contributed by atoms with E-state index in [1.165, 1.54) is 5.56 Å². The van der Waals surface area contributed by atoms with Gasteiger partial charge in [-0.3, -0.25) is 4.99 Å². The smallest absolute Gasteiger partial charge is 0.195 e. The predicted molar refractivity (Wildman–Crippen MR) is 64.5 cm³/mol. The van der Waals surface area contributed by atoms with Gasteiger partial charge in [-0.15, -0.1) is 0 Å². The zero-order chi connectivity index (χ0) is 10.7. The number of nitrogens with zero attached hydrogens (tertiary/aromatic N) is 1. The highest BCUT2D eigenvalue weighted by Crippen LogP contribution is 2.23. The molecule has 1 aromatic carbocycles. The molecule has 0 atom stereocenters. The number of nitrogens with one attached hydrogen (secondary N) is 2. The highest BCUT2D eigenvalue weighted by molar-refractivity contribution is 5.95. The van der Waals surface area contributed by atoms with Crippen LogP contribution in [0.15, 0.2) is 29.3 Å². The van der Waals surface area contributed by atoms with E-state index in [9.17, 15) is 0 Å². The quantitative estimate of drug-likeness (QED) is 0.773. The average Bonchev–Trinajstić information content (AvgIpc) is 2.71. The standard InChI is InChI=1S/C12H17N3/c1-9(2)10-5-3-4-6-11(10)15-12-13-7-8-14-12/h3-6,9H,7-8H2,1-2H3,(H2,13,14,15). The number of hydrogen-bond donors (Lipinski definition) is 2. The summed E-state index contributed by atoms with van der Waals surface area (Å²) in [4.78, 5) is 4.33. The second kappa shape index (κ2) is 4.34. The summed E-state index contributed by atoms with van der Waals surface area (Å²) in [6.45, 7) is 6.20. The van der Waals surface area contributed by atoms with Gasteiger partial charge in [0.2, 0.25) is 0 Å². The zero-order valence-electron chi connectivity index (χ0n) is 9.25. The van der Waals surface area contributed by atoms with Crippen LogP contribution >= 0.6 is 0 Å². The van der Waals surface area contributed by atoms with E-state index >= 15 is 0 Å². The van der Waals surface area contributed by atoms with E-state index < -0.39 is 0 Å². The summed E-state index contributed by atoms with van der Waals surface area (Å²) in [7, 11) is 0. The molecule has 3 heteroatoms. The SMILES string of the molecule is CC(C)c1ccccc1NC1=NCCN1. The molecular weight excluding hydrogens is 186 g/mol. The van der Waals surface area contributed by atoms with Crippen LogP contribution in [0, 0.1) is 0 Å². The molecule has 0 aliphatic carbocycles. The molecule has 1 aliphatic heterocycles. The number of guanidine groups is 1. The second-order valence-corrected chi connectivity index (χ2v) is 4.02. The fourth-order valence-corrected chi connectivity index (χ4v) is 1.72. The first-order valence-corrected chi connectivity index (χ1v) is 5.41. The Bertz CT molecular complexity index is 369. The van der Waals surface area contributed by atoms with Crippen LogP contribution in [0.5, 0.6) is 0 Å². The Morgan fingerprint density at radius 3 is 2.80 bits per heavy atom. The van der Waals surface area contributed by atoms with E-state index in [1.807, 2.05) is 6.07 Å². The van der Waals surface area contributed by atoms with Crippen molar-refractivity contribution in [3.05, 3.63) is 29.8 Å². The van der Waals surface area contributed by atoms with E-state index in [1.54, 1.807) is 0 Å². The summed E-state index contributed by atoms with van der Waals surface area (Å²) >= 11 is 0. The van der Waals surface area contributed by atoms with Crippen LogP contribution in [0.4, 0.5) is 5.69 Å². The Kier molecular flexibility index (Phi) is 2.90. The molecule has 0 saturated carbocycles. The average molecular weight is 203 g/mol. The van der Waals surface area contributed by atoms with Crippen molar-refractivity contribution in [2.45, 2.75) is 19.8 Å². The molecule has 15 heavy (non-hydrogen) atoms. The summed E-state index contributed by atoms with van der Waals surface area (Å²) in [6, 6.07) is 8.37. The van der Waals surface area contributed by atoms with Gasteiger partial charge in [0.25, 0.3) is 0 Å². The normalized spacial score (nSPS) is 15.0. The molecule has 1 aromatic rings. The topological polar surface area (TPSA) is 36.4 Å². The van der Waals surface area contributed by atoms with Crippen LogP contribution < -0.4 is 10.6 Å². The predicted octanol–water partition coefficient (Wildman–Crippen LogP) is 2.18. The fraction of sp³-hybridized carbons (Fsp3) is 0.417. The van der Waals surface area contributed by atoms with Crippen molar-refractivity contribution in [2.24, 2.45) is 4.99 Å². The Morgan fingerprint density at radius 2 is 2.13 bits per heavy atom. The number of para-hydroxylation sites is 1. The highest BCUT2D eigenvalue weighted by atomic mass is 15.2. The molecule has 2 N–H and O–H groups in total. The first-order chi connectivity index (χ1) is 7.27. The molecule has 0 unspecified atom stereocenters. The molecule has 80 valence electrons. The van der Waals surface area contributed by atoms with Crippen molar-refractivity contribution < 1.29 is 0 Å². The van der Waals surface area contributed by atoms with Crippen molar-refractivity contribution in [3.63, 3.8) is 0 Å². The van der Waals surface area contributed by atoms with Crippen molar-refractivity contribution in [1.82, 2.24) is 5.32 Å². The van der Waals surface area contributed by atoms with Gasteiger partial charge in [-0.2, -0.15) is 0 Å². The highest BCUT2D eigenvalue weighted by Gasteiger charge is 2.09. The van der Waals surface area contributed by atoms with Crippen LogP contribution in [0.25, 0.3) is 0 Å². The van der Waals surface area contributed by atoms with E-state index in [2.05, 4.69) is 47.7 Å². The van der Waals surface area contributed by atoms with Gasteiger partial charge in [0.15, 0.2) is 5.96 Å². The minimum absolute atomic E-state index is 0.524. The molecule has 0 aromatic heterocycles. The van der Waals surface area contributed by atoms with Crippen molar-refractivity contribution in [2.75, 3.05) is 18.4 Å². The van der Waals surface area contributed by atoms with E-state index in [4.69, 9.17) is 0 Å². The lowest BCUT2D eigenvalue weighted by Crippen LogP contribution is -2.26. The first kappa shape index (κ1) is 10.0. The lowest BCUT2D eigenvalue weighted by Gasteiger charge is -2.14. The summed E-state index contributed by atoms with van der Waals surface area (Å²) < 4.78 is 0. The molecular formula is C12H17N3. The van der Waals surface area contributed by atoms with Crippen LogP contribution in [0.3, 0.4) is 0 Å². The summed E-state index contributed by atoms with van der Waals surface area (Å²) in [5.74, 6) is 1.42. The van der Waals surface area contributed by atoms with Gasteiger partial charge in [-0.25, -0.2) is 0 Å². The summed E-state index contributed by atoms with van der Waals surface area (Å²) in [6.07, 6.45) is 0. The van der Waals surface area contributed by atoms with Crippen LogP contribution in [0.1, 0.15) is 25.3 Å². The van der Waals surface area contributed by atoms with Gasteiger partial charge in [0, 0.05) is 12.2 Å². The molecule has 1 heterocycles. The summed E-state index contributed by atoms with van der Waals surface area (Å²) in [5, 5.41) is 6.54. The van der Waals surface area contributed by atoms with E-state index in [0.717, 1.165) is 24.7 Å². The Balaban J connectivity index is 2.19. The maximum Gasteiger partial charge on any atom is 0.195 e. The first-order valence-electron chi connectivity index (χ1n) is 5.41. The maximum absolute atomic E-state index is 4.33. The lowest BCUT2D eigenvalue weighted by atomic mass is 10.0. The van der Waals surface area contributed by atoms with Gasteiger partial charge in [0.1, 0.15) is 0 Å². The molecule has 0 saturated heterocycles. The maximum atomic E-state index is 4.33. The minimum atomic E-state index is 0.524. The molecule has 2 rings (SSSR count). The Hall–Kier alpha value is -1.51. The second-order valence-electron chi connectivity index (χ2n) is 4.02. The number of anilines is 1. The van der Waals surface area contributed by atoms with Crippen molar-refractivity contribution in [1.29, 1.82) is 0 Å². The number of rotatable bonds is 2. The lowest BCUT2D eigenvalue weighted by molar-refractivity contribution is 0.869. The van der Waals surface area contributed by atoms with Crippen molar-refractivity contribution in [3.8, 4) is 0 Å². The third-order valence-electron chi connectivity index (χ3n) is 2.51.